The van der Waals surface area contributed by atoms with Crippen LogP contribution in [0.1, 0.15) is 0 Å². The van der Waals surface area contributed by atoms with Gasteiger partial charge >= 0.3 is 0 Å². The Kier molecular flexibility index (Phi) is 4.42. The Bertz CT molecular complexity index is 857. The van der Waals surface area contributed by atoms with Crippen LogP contribution in [-0.2, 0) is 10.0 Å². The summed E-state index contributed by atoms with van der Waals surface area (Å²) in [5.74, 6) is -1.18. The lowest BCUT2D eigenvalue weighted by atomic mass is 10.2. The normalized spacial score (nSPS) is 17.1. The summed E-state index contributed by atoms with van der Waals surface area (Å²) in [5, 5.41) is 0. The number of sulfonamides is 1. The van der Waals surface area contributed by atoms with Gasteiger partial charge in [-0.3, -0.25) is 0 Å². The summed E-state index contributed by atoms with van der Waals surface area (Å²) < 4.78 is 63.5. The van der Waals surface area contributed by atoms with E-state index in [9.17, 15) is 17.2 Å². The Balaban J connectivity index is 1.74. The first-order chi connectivity index (χ1) is 11.4. The summed E-state index contributed by atoms with van der Waals surface area (Å²) in [6.45, 7) is 0.199. The fourth-order valence-corrected chi connectivity index (χ4v) is 3.57. The molecule has 3 rings (SSSR count). The van der Waals surface area contributed by atoms with Gasteiger partial charge in [0.1, 0.15) is 12.7 Å². The number of nitrogens with zero attached hydrogens (tertiary/aromatic N) is 1. The molecule has 24 heavy (non-hydrogen) atoms. The molecule has 0 radical (unpaired) electrons. The van der Waals surface area contributed by atoms with Crippen LogP contribution in [0.2, 0.25) is 0 Å². The summed E-state index contributed by atoms with van der Waals surface area (Å²) >= 11 is 0. The fraction of sp³-hybridized carbons (Fsp3) is 0.250. The van der Waals surface area contributed by atoms with Gasteiger partial charge in [0.15, 0.2) is 23.1 Å². The predicted octanol–water partition coefficient (Wildman–Crippen LogP) is 2.43. The van der Waals surface area contributed by atoms with Gasteiger partial charge < -0.3 is 9.47 Å². The van der Waals surface area contributed by atoms with Crippen LogP contribution < -0.4 is 9.47 Å². The molecule has 2 aromatic carbocycles. The molecule has 1 aliphatic heterocycles. The maximum Gasteiger partial charge on any atom is 0.243 e. The predicted molar refractivity (Wildman–Crippen MR) is 82.5 cm³/mol. The summed E-state index contributed by atoms with van der Waals surface area (Å²) in [6.07, 6.45) is -0.509. The summed E-state index contributed by atoms with van der Waals surface area (Å²) in [4.78, 5) is -0.318. The molecule has 0 aliphatic carbocycles. The number of hydrogen-bond acceptors (Lipinski definition) is 4. The van der Waals surface area contributed by atoms with Gasteiger partial charge in [0.25, 0.3) is 0 Å². The van der Waals surface area contributed by atoms with Crippen LogP contribution in [0.15, 0.2) is 47.4 Å². The van der Waals surface area contributed by atoms with Crippen molar-refractivity contribution in [3.8, 4) is 11.5 Å². The largest absolute Gasteiger partial charge is 0.486 e. The Morgan fingerprint density at radius 2 is 1.83 bits per heavy atom. The van der Waals surface area contributed by atoms with Crippen molar-refractivity contribution < 1.29 is 26.7 Å². The molecule has 0 fully saturated rings. The maximum atomic E-state index is 13.3. The lowest BCUT2D eigenvalue weighted by Crippen LogP contribution is -2.41. The molecule has 0 bridgehead atoms. The van der Waals surface area contributed by atoms with Crippen LogP contribution >= 0.6 is 0 Å². The SMILES string of the molecule is CN(CC1COc2ccccc2O1)S(=O)(=O)c1ccc(F)c(F)c1. The number of fused-ring (bicyclic) bond motifs is 1. The van der Waals surface area contributed by atoms with Crippen LogP contribution in [0.5, 0.6) is 11.5 Å². The molecule has 1 aliphatic rings. The summed E-state index contributed by atoms with van der Waals surface area (Å²) in [7, 11) is -2.62. The molecule has 2 aromatic rings. The number of halogens is 2. The Labute approximate surface area is 138 Å². The highest BCUT2D eigenvalue weighted by Crippen LogP contribution is 2.31. The molecule has 0 saturated carbocycles. The molecule has 8 heteroatoms. The fourth-order valence-electron chi connectivity index (χ4n) is 2.36. The van der Waals surface area contributed by atoms with E-state index in [0.717, 1.165) is 16.4 Å². The van der Waals surface area contributed by atoms with Gasteiger partial charge in [-0.1, -0.05) is 12.1 Å². The van der Waals surface area contributed by atoms with E-state index in [2.05, 4.69) is 0 Å². The second kappa shape index (κ2) is 6.37. The molecular weight excluding hydrogens is 340 g/mol. The van der Waals surface area contributed by atoms with Crippen LogP contribution in [0.4, 0.5) is 8.78 Å². The number of benzene rings is 2. The van der Waals surface area contributed by atoms with Crippen molar-refractivity contribution in [1.82, 2.24) is 4.31 Å². The highest BCUT2D eigenvalue weighted by atomic mass is 32.2. The molecule has 0 spiro atoms. The number of likely N-dealkylation sites (N-methyl/N-ethyl adjacent to an activating group) is 1. The van der Waals surface area contributed by atoms with E-state index in [0.29, 0.717) is 17.6 Å². The molecular formula is C16H15F2NO4S. The second-order valence-corrected chi connectivity index (χ2v) is 7.40. The average Bonchev–Trinajstić information content (AvgIpc) is 2.57. The number of rotatable bonds is 4. The average molecular weight is 355 g/mol. The Morgan fingerprint density at radius 1 is 1.12 bits per heavy atom. The number of ether oxygens (including phenoxy) is 2. The van der Waals surface area contributed by atoms with E-state index < -0.39 is 27.8 Å². The quantitative estimate of drug-likeness (QED) is 0.845. The van der Waals surface area contributed by atoms with Crippen molar-refractivity contribution in [2.24, 2.45) is 0 Å². The van der Waals surface area contributed by atoms with Crippen molar-refractivity contribution in [2.75, 3.05) is 20.2 Å². The lowest BCUT2D eigenvalue weighted by molar-refractivity contribution is 0.0798. The molecule has 0 saturated heterocycles. The van der Waals surface area contributed by atoms with Crippen molar-refractivity contribution in [1.29, 1.82) is 0 Å². The maximum absolute atomic E-state index is 13.3. The zero-order chi connectivity index (χ0) is 17.3. The van der Waals surface area contributed by atoms with Gasteiger partial charge in [-0.2, -0.15) is 4.31 Å². The zero-order valence-corrected chi connectivity index (χ0v) is 13.6. The third-order valence-corrected chi connectivity index (χ3v) is 5.45. The van der Waals surface area contributed by atoms with Crippen LogP contribution in [0.3, 0.4) is 0 Å². The van der Waals surface area contributed by atoms with E-state index in [1.165, 1.54) is 7.05 Å². The smallest absolute Gasteiger partial charge is 0.243 e. The lowest BCUT2D eigenvalue weighted by Gasteiger charge is -2.29. The van der Waals surface area contributed by atoms with Gasteiger partial charge in [-0.25, -0.2) is 17.2 Å². The third kappa shape index (κ3) is 3.20. The van der Waals surface area contributed by atoms with E-state index in [1.807, 2.05) is 6.07 Å². The van der Waals surface area contributed by atoms with Gasteiger partial charge in [0.05, 0.1) is 11.4 Å². The van der Waals surface area contributed by atoms with Crippen LogP contribution in [-0.4, -0.2) is 39.0 Å². The molecule has 0 N–H and O–H groups in total. The highest BCUT2D eigenvalue weighted by Gasteiger charge is 2.28. The van der Waals surface area contributed by atoms with Crippen molar-refractivity contribution >= 4 is 10.0 Å². The monoisotopic (exact) mass is 355 g/mol. The first kappa shape index (κ1) is 16.7. The number of hydrogen-bond donors (Lipinski definition) is 0. The summed E-state index contributed by atoms with van der Waals surface area (Å²) in [5.41, 5.74) is 0. The van der Waals surface area contributed by atoms with Gasteiger partial charge in [-0.05, 0) is 30.3 Å². The minimum atomic E-state index is -3.96. The number of para-hydroxylation sites is 2. The van der Waals surface area contributed by atoms with Crippen LogP contribution in [0, 0.1) is 11.6 Å². The Hall–Kier alpha value is -2.19. The van der Waals surface area contributed by atoms with E-state index >= 15 is 0 Å². The van der Waals surface area contributed by atoms with Crippen molar-refractivity contribution in [3.05, 3.63) is 54.1 Å². The molecule has 1 unspecified atom stereocenters. The Morgan fingerprint density at radius 3 is 2.54 bits per heavy atom. The standard InChI is InChI=1S/C16H15F2NO4S/c1-19(24(20,21)12-6-7-13(17)14(18)8-12)9-11-10-22-15-4-2-3-5-16(15)23-11/h2-8,11H,9-10H2,1H3. The molecule has 5 nitrogen and oxygen atoms in total. The van der Waals surface area contributed by atoms with E-state index in [-0.39, 0.29) is 18.0 Å². The van der Waals surface area contributed by atoms with Crippen LogP contribution in [0.25, 0.3) is 0 Å². The first-order valence-electron chi connectivity index (χ1n) is 7.18. The molecule has 0 amide bonds. The van der Waals surface area contributed by atoms with Gasteiger partial charge in [-0.15, -0.1) is 0 Å². The van der Waals surface area contributed by atoms with Gasteiger partial charge in [0.2, 0.25) is 10.0 Å². The second-order valence-electron chi connectivity index (χ2n) is 5.36. The highest BCUT2D eigenvalue weighted by molar-refractivity contribution is 7.89. The first-order valence-corrected chi connectivity index (χ1v) is 8.62. The third-order valence-electron chi connectivity index (χ3n) is 3.63. The summed E-state index contributed by atoms with van der Waals surface area (Å²) in [6, 6.07) is 9.55. The topological polar surface area (TPSA) is 55.8 Å². The van der Waals surface area contributed by atoms with Gasteiger partial charge in [0, 0.05) is 7.05 Å². The van der Waals surface area contributed by atoms with E-state index in [1.54, 1.807) is 18.2 Å². The zero-order valence-electron chi connectivity index (χ0n) is 12.8. The molecule has 1 heterocycles. The molecule has 0 aromatic heterocycles. The minimum absolute atomic E-state index is 0.00959. The van der Waals surface area contributed by atoms with Crippen molar-refractivity contribution in [3.63, 3.8) is 0 Å². The van der Waals surface area contributed by atoms with E-state index in [4.69, 9.17) is 9.47 Å². The molecule has 1 atom stereocenters. The molecule has 128 valence electrons. The minimum Gasteiger partial charge on any atom is -0.486 e. The van der Waals surface area contributed by atoms with Crippen molar-refractivity contribution in [2.45, 2.75) is 11.0 Å².